The van der Waals surface area contributed by atoms with Crippen LogP contribution in [0.15, 0.2) is 0 Å². The van der Waals surface area contributed by atoms with Gasteiger partial charge in [0.1, 0.15) is 13.2 Å². The summed E-state index contributed by atoms with van der Waals surface area (Å²) in [4.78, 5) is 6.24. The van der Waals surface area contributed by atoms with Crippen LogP contribution >= 0.6 is 0 Å². The quantitative estimate of drug-likeness (QED) is 0.0513. The van der Waals surface area contributed by atoms with Crippen molar-refractivity contribution in [3.05, 3.63) is 0 Å². The Morgan fingerprint density at radius 3 is 1.03 bits per heavy atom. The Kier molecular flexibility index (Phi) is 26.0. The maximum atomic E-state index is 6.24. The molecule has 3 nitrogen and oxygen atoms in total. The predicted molar refractivity (Wildman–Crippen MR) is 167 cm³/mol. The number of hydrogen-bond acceptors (Lipinski definition) is 1. The van der Waals surface area contributed by atoms with Gasteiger partial charge in [0, 0.05) is 0 Å². The third kappa shape index (κ3) is 28.7. The van der Waals surface area contributed by atoms with Crippen molar-refractivity contribution in [1.29, 1.82) is 0 Å². The first-order valence-electron chi connectivity index (χ1n) is 17.1. The molecular formula is C34H74N2O+2. The second kappa shape index (κ2) is 26.1. The summed E-state index contributed by atoms with van der Waals surface area (Å²) in [5.74, 6) is 0. The van der Waals surface area contributed by atoms with E-state index in [1.54, 1.807) is 0 Å². The molecule has 0 saturated carbocycles. The molecule has 0 radical (unpaired) electrons. The van der Waals surface area contributed by atoms with Gasteiger partial charge in [0.25, 0.3) is 0 Å². The van der Waals surface area contributed by atoms with E-state index < -0.39 is 0 Å². The largest absolute Gasteiger partial charge is 0.328 e. The molecule has 0 saturated heterocycles. The standard InChI is InChI=1S/C34H74N2O/c1-7-9-11-13-15-17-19-21-23-25-27-31-35(3,4)32-29-30-34-37-36(5,6)33-28-26-24-22-20-18-16-14-12-10-8-2/h7-34H2,1-6H3/q+2. The van der Waals surface area contributed by atoms with Crippen molar-refractivity contribution >= 4 is 0 Å². The molecule has 0 heterocycles. The van der Waals surface area contributed by atoms with Crippen LogP contribution in [0.5, 0.6) is 0 Å². The molecule has 0 bridgehead atoms. The molecular weight excluding hydrogens is 452 g/mol. The van der Waals surface area contributed by atoms with Gasteiger partial charge in [0.2, 0.25) is 0 Å². The second-order valence-electron chi connectivity index (χ2n) is 13.3. The molecule has 0 aromatic heterocycles. The Labute approximate surface area is 236 Å². The summed E-state index contributed by atoms with van der Waals surface area (Å²) in [6.07, 6.45) is 33.8. The van der Waals surface area contributed by atoms with Crippen LogP contribution in [-0.2, 0) is 4.84 Å². The molecule has 0 aromatic carbocycles. The van der Waals surface area contributed by atoms with Crippen molar-refractivity contribution in [1.82, 2.24) is 0 Å². The lowest BCUT2D eigenvalue weighted by Gasteiger charge is -2.30. The minimum absolute atomic E-state index is 0.731. The van der Waals surface area contributed by atoms with Crippen LogP contribution in [0.25, 0.3) is 0 Å². The second-order valence-corrected chi connectivity index (χ2v) is 13.3. The maximum absolute atomic E-state index is 6.24. The van der Waals surface area contributed by atoms with Crippen LogP contribution in [0.2, 0.25) is 0 Å². The minimum Gasteiger partial charge on any atom is -0.328 e. The van der Waals surface area contributed by atoms with Gasteiger partial charge in [0.15, 0.2) is 0 Å². The molecule has 0 aromatic rings. The Bertz CT molecular complexity index is 409. The lowest BCUT2D eigenvalue weighted by atomic mass is 10.1. The fraction of sp³-hybridized carbons (Fsp3) is 1.00. The molecule has 37 heavy (non-hydrogen) atoms. The average molecular weight is 527 g/mol. The molecule has 0 aliphatic rings. The summed E-state index contributed by atoms with van der Waals surface area (Å²) >= 11 is 0. The highest BCUT2D eigenvalue weighted by molar-refractivity contribution is 4.50. The molecule has 0 fully saturated rings. The van der Waals surface area contributed by atoms with Gasteiger partial charge in [-0.2, -0.15) is 4.65 Å². The van der Waals surface area contributed by atoms with E-state index >= 15 is 0 Å². The van der Waals surface area contributed by atoms with Gasteiger partial charge in [-0.05, 0) is 38.5 Å². The van der Waals surface area contributed by atoms with Crippen molar-refractivity contribution in [2.75, 3.05) is 54.4 Å². The number of unbranched alkanes of at least 4 members (excludes halogenated alkanes) is 21. The van der Waals surface area contributed by atoms with Crippen LogP contribution in [0.4, 0.5) is 0 Å². The number of hydrogen-bond donors (Lipinski definition) is 0. The first-order chi connectivity index (χ1) is 17.8. The molecule has 0 spiro atoms. The van der Waals surface area contributed by atoms with E-state index in [1.165, 1.54) is 172 Å². The van der Waals surface area contributed by atoms with Crippen LogP contribution in [0, 0.1) is 0 Å². The zero-order valence-electron chi connectivity index (χ0n) is 27.1. The summed E-state index contributed by atoms with van der Waals surface area (Å²) < 4.78 is 1.91. The van der Waals surface area contributed by atoms with Crippen molar-refractivity contribution < 1.29 is 14.0 Å². The van der Waals surface area contributed by atoms with Gasteiger partial charge in [-0.15, -0.1) is 0 Å². The highest BCUT2D eigenvalue weighted by Gasteiger charge is 2.17. The Balaban J connectivity index is 3.53. The molecule has 3 heteroatoms. The molecule has 0 rings (SSSR count). The highest BCUT2D eigenvalue weighted by atomic mass is 16.7. The molecule has 0 aliphatic carbocycles. The Morgan fingerprint density at radius 2 is 0.649 bits per heavy atom. The first kappa shape index (κ1) is 36.9. The zero-order valence-corrected chi connectivity index (χ0v) is 27.1. The lowest BCUT2D eigenvalue weighted by molar-refractivity contribution is -1.08. The lowest BCUT2D eigenvalue weighted by Crippen LogP contribution is -2.42. The van der Waals surface area contributed by atoms with Crippen LogP contribution in [0.1, 0.15) is 168 Å². The zero-order chi connectivity index (χ0) is 27.5. The molecule has 0 unspecified atom stereocenters. The highest BCUT2D eigenvalue weighted by Crippen LogP contribution is 2.14. The monoisotopic (exact) mass is 527 g/mol. The van der Waals surface area contributed by atoms with E-state index in [4.69, 9.17) is 4.84 Å². The maximum Gasteiger partial charge on any atom is 0.108 e. The van der Waals surface area contributed by atoms with Gasteiger partial charge in [-0.3, -0.25) is 0 Å². The van der Waals surface area contributed by atoms with E-state index in [0.717, 1.165) is 17.8 Å². The van der Waals surface area contributed by atoms with Gasteiger partial charge in [-0.25, -0.2) is 4.84 Å². The van der Waals surface area contributed by atoms with Crippen molar-refractivity contribution in [2.24, 2.45) is 0 Å². The van der Waals surface area contributed by atoms with E-state index in [0.29, 0.717) is 0 Å². The van der Waals surface area contributed by atoms with Gasteiger partial charge >= 0.3 is 0 Å². The molecule has 0 atom stereocenters. The minimum atomic E-state index is 0.731. The average Bonchev–Trinajstić information content (AvgIpc) is 2.85. The van der Waals surface area contributed by atoms with Crippen LogP contribution in [-0.4, -0.2) is 63.6 Å². The predicted octanol–water partition coefficient (Wildman–Crippen LogP) is 10.5. The molecule has 0 N–H and O–H groups in total. The van der Waals surface area contributed by atoms with Gasteiger partial charge in [-0.1, -0.05) is 129 Å². The number of quaternary nitrogens is 2. The first-order valence-corrected chi connectivity index (χ1v) is 17.1. The molecule has 0 aliphatic heterocycles. The van der Waals surface area contributed by atoms with Crippen molar-refractivity contribution in [3.63, 3.8) is 0 Å². The van der Waals surface area contributed by atoms with Crippen molar-refractivity contribution in [2.45, 2.75) is 168 Å². The third-order valence-electron chi connectivity index (χ3n) is 8.27. The fourth-order valence-electron chi connectivity index (χ4n) is 5.49. The normalized spacial score (nSPS) is 12.5. The van der Waals surface area contributed by atoms with Crippen LogP contribution in [0.3, 0.4) is 0 Å². The Morgan fingerprint density at radius 1 is 0.351 bits per heavy atom. The van der Waals surface area contributed by atoms with E-state index in [-0.39, 0.29) is 0 Å². The summed E-state index contributed by atoms with van der Waals surface area (Å²) in [5.41, 5.74) is 0. The summed E-state index contributed by atoms with van der Waals surface area (Å²) in [7, 11) is 9.32. The summed E-state index contributed by atoms with van der Waals surface area (Å²) in [6.45, 7) is 9.27. The topological polar surface area (TPSA) is 9.23 Å². The molecule has 224 valence electrons. The van der Waals surface area contributed by atoms with Gasteiger partial charge in [0.05, 0.1) is 41.3 Å². The van der Waals surface area contributed by atoms with Crippen LogP contribution < -0.4 is 0 Å². The van der Waals surface area contributed by atoms with Crippen molar-refractivity contribution in [3.8, 4) is 0 Å². The third-order valence-corrected chi connectivity index (χ3v) is 8.27. The fourth-order valence-corrected chi connectivity index (χ4v) is 5.49. The SMILES string of the molecule is CCCCCCCCCCCCC[N+](C)(C)CCCCO[N+](C)(C)CCCCCCCCCCCCC. The number of rotatable bonds is 30. The van der Waals surface area contributed by atoms with Gasteiger partial charge < -0.3 is 4.48 Å². The van der Waals surface area contributed by atoms with E-state index in [9.17, 15) is 0 Å². The summed E-state index contributed by atoms with van der Waals surface area (Å²) in [6, 6.07) is 0. The Hall–Kier alpha value is -0.120. The van der Waals surface area contributed by atoms with E-state index in [2.05, 4.69) is 42.0 Å². The number of nitrogens with zero attached hydrogens (tertiary/aromatic N) is 2. The summed E-state index contributed by atoms with van der Waals surface area (Å²) in [5, 5.41) is 0. The van der Waals surface area contributed by atoms with E-state index in [1.807, 2.05) is 0 Å². The molecule has 0 amide bonds. The smallest absolute Gasteiger partial charge is 0.108 e. The number of hydroxylamine groups is 3.